The number of alkyl halides is 3. The van der Waals surface area contributed by atoms with Crippen LogP contribution in [0.3, 0.4) is 0 Å². The third kappa shape index (κ3) is 4.38. The van der Waals surface area contributed by atoms with Gasteiger partial charge in [0.15, 0.2) is 11.4 Å². The zero-order valence-electron chi connectivity index (χ0n) is 15.7. The van der Waals surface area contributed by atoms with Crippen molar-refractivity contribution in [3.63, 3.8) is 0 Å². The van der Waals surface area contributed by atoms with E-state index in [1.165, 1.54) is 26.3 Å². The number of carbonyl (C=O) groups is 1. The zero-order valence-corrected chi connectivity index (χ0v) is 16.5. The average molecular weight is 443 g/mol. The molecule has 30 heavy (non-hydrogen) atoms. The third-order valence-corrected chi connectivity index (χ3v) is 4.43. The Hall–Kier alpha value is -3.14. The molecule has 3 rings (SSSR count). The minimum atomic E-state index is -4.96. The highest BCUT2D eigenvalue weighted by Crippen LogP contribution is 2.33. The number of ether oxygens (including phenoxy) is 1. The highest BCUT2D eigenvalue weighted by atomic mass is 35.5. The van der Waals surface area contributed by atoms with Crippen LogP contribution in [0.15, 0.2) is 42.5 Å². The molecule has 0 aliphatic heterocycles. The van der Waals surface area contributed by atoms with Crippen molar-refractivity contribution in [3.8, 4) is 11.4 Å². The van der Waals surface area contributed by atoms with Crippen LogP contribution in [-0.2, 0) is 12.7 Å². The fourth-order valence-electron chi connectivity index (χ4n) is 2.85. The van der Waals surface area contributed by atoms with Crippen molar-refractivity contribution in [2.45, 2.75) is 12.7 Å². The first-order chi connectivity index (χ1) is 14.1. The topological polar surface area (TPSA) is 60.2 Å². The lowest BCUT2D eigenvalue weighted by atomic mass is 10.1. The van der Waals surface area contributed by atoms with Gasteiger partial charge in [-0.1, -0.05) is 22.9 Å². The lowest BCUT2D eigenvalue weighted by Crippen LogP contribution is -2.29. The fourth-order valence-corrected chi connectivity index (χ4v) is 3.04. The van der Waals surface area contributed by atoms with Gasteiger partial charge in [-0.2, -0.15) is 13.2 Å². The highest BCUT2D eigenvalue weighted by Gasteiger charge is 2.42. The van der Waals surface area contributed by atoms with Crippen molar-refractivity contribution >= 4 is 17.5 Å². The number of aromatic nitrogens is 3. The van der Waals surface area contributed by atoms with Crippen molar-refractivity contribution < 1.29 is 27.1 Å². The molecular weight excluding hydrogens is 428 g/mol. The Morgan fingerprint density at radius 3 is 2.60 bits per heavy atom. The van der Waals surface area contributed by atoms with Crippen molar-refractivity contribution in [1.29, 1.82) is 0 Å². The maximum absolute atomic E-state index is 13.7. The summed E-state index contributed by atoms with van der Waals surface area (Å²) in [6, 6.07) is 9.09. The molecule has 0 atom stereocenters. The summed E-state index contributed by atoms with van der Waals surface area (Å²) in [5, 5.41) is 7.25. The highest BCUT2D eigenvalue weighted by molar-refractivity contribution is 6.30. The van der Waals surface area contributed by atoms with E-state index in [0.29, 0.717) is 21.0 Å². The fraction of sp³-hybridized carbons (Fsp3) is 0.211. The van der Waals surface area contributed by atoms with Crippen molar-refractivity contribution in [3.05, 3.63) is 70.3 Å². The number of nitrogens with zero attached hydrogens (tertiary/aromatic N) is 4. The molecule has 158 valence electrons. The van der Waals surface area contributed by atoms with E-state index in [1.54, 1.807) is 18.2 Å². The summed E-state index contributed by atoms with van der Waals surface area (Å²) >= 11 is 5.96. The molecule has 0 saturated heterocycles. The first-order valence-electron chi connectivity index (χ1n) is 8.48. The van der Waals surface area contributed by atoms with Gasteiger partial charge in [0.2, 0.25) is 0 Å². The average Bonchev–Trinajstić information content (AvgIpc) is 3.13. The Morgan fingerprint density at radius 2 is 1.97 bits per heavy atom. The number of amides is 1. The smallest absolute Gasteiger partial charge is 0.435 e. The first-order valence-corrected chi connectivity index (χ1v) is 8.86. The predicted molar refractivity (Wildman–Crippen MR) is 100 cm³/mol. The molecule has 0 aliphatic carbocycles. The maximum atomic E-state index is 13.7. The normalized spacial score (nSPS) is 11.4. The van der Waals surface area contributed by atoms with E-state index in [4.69, 9.17) is 16.3 Å². The standard InChI is InChI=1S/C19H15ClF4N4O2/c1-27(10-11-8-12(20)6-7-15(11)30-2)18(29)16-17(19(22,23)24)28(26-25-16)14-5-3-4-13(21)9-14/h3-9H,10H2,1-2H3. The molecule has 0 spiro atoms. The molecule has 1 heterocycles. The molecule has 3 aromatic rings. The third-order valence-electron chi connectivity index (χ3n) is 4.19. The molecule has 0 aliphatic rings. The van der Waals surface area contributed by atoms with Crippen LogP contribution in [0.1, 0.15) is 21.7 Å². The molecule has 6 nitrogen and oxygen atoms in total. The maximum Gasteiger partial charge on any atom is 0.435 e. The van der Waals surface area contributed by atoms with Gasteiger partial charge in [-0.15, -0.1) is 5.10 Å². The second kappa shape index (κ2) is 8.31. The summed E-state index contributed by atoms with van der Waals surface area (Å²) in [7, 11) is 2.73. The summed E-state index contributed by atoms with van der Waals surface area (Å²) in [5.74, 6) is -1.36. The molecule has 1 amide bonds. The lowest BCUT2D eigenvalue weighted by molar-refractivity contribution is -0.143. The van der Waals surface area contributed by atoms with Gasteiger partial charge in [0.05, 0.1) is 12.8 Å². The predicted octanol–water partition coefficient (Wildman–Crippen LogP) is 4.36. The lowest BCUT2D eigenvalue weighted by Gasteiger charge is -2.19. The number of carbonyl (C=O) groups excluding carboxylic acids is 1. The number of hydrogen-bond acceptors (Lipinski definition) is 4. The van der Waals surface area contributed by atoms with Crippen LogP contribution in [0.4, 0.5) is 17.6 Å². The molecule has 0 radical (unpaired) electrons. The van der Waals surface area contributed by atoms with Crippen LogP contribution in [0.5, 0.6) is 5.75 Å². The minimum Gasteiger partial charge on any atom is -0.496 e. The van der Waals surface area contributed by atoms with Crippen molar-refractivity contribution in [2.24, 2.45) is 0 Å². The van der Waals surface area contributed by atoms with Crippen LogP contribution in [0.25, 0.3) is 5.69 Å². The first kappa shape index (κ1) is 21.6. The summed E-state index contributed by atoms with van der Waals surface area (Å²) in [4.78, 5) is 13.8. The Bertz CT molecular complexity index is 1080. The van der Waals surface area contributed by atoms with E-state index < -0.39 is 29.3 Å². The van der Waals surface area contributed by atoms with Gasteiger partial charge >= 0.3 is 6.18 Å². The van der Waals surface area contributed by atoms with Gasteiger partial charge in [0, 0.05) is 24.2 Å². The quantitative estimate of drug-likeness (QED) is 0.551. The Morgan fingerprint density at radius 1 is 1.23 bits per heavy atom. The van der Waals surface area contributed by atoms with Crippen LogP contribution in [0, 0.1) is 5.82 Å². The largest absolute Gasteiger partial charge is 0.496 e. The van der Waals surface area contributed by atoms with Crippen LogP contribution in [0.2, 0.25) is 5.02 Å². The number of methoxy groups -OCH3 is 1. The number of rotatable bonds is 5. The number of benzene rings is 2. The van der Waals surface area contributed by atoms with E-state index in [0.717, 1.165) is 17.0 Å². The van der Waals surface area contributed by atoms with Gasteiger partial charge in [-0.05, 0) is 36.4 Å². The van der Waals surface area contributed by atoms with Gasteiger partial charge in [-0.25, -0.2) is 9.07 Å². The Kier molecular flexibility index (Phi) is 5.97. The van der Waals surface area contributed by atoms with Gasteiger partial charge < -0.3 is 9.64 Å². The Balaban J connectivity index is 1.99. The minimum absolute atomic E-state index is 0.0906. The van der Waals surface area contributed by atoms with Crippen molar-refractivity contribution in [2.75, 3.05) is 14.2 Å². The van der Waals surface area contributed by atoms with E-state index in [1.807, 2.05) is 0 Å². The monoisotopic (exact) mass is 442 g/mol. The second-order valence-corrected chi connectivity index (χ2v) is 6.73. The van der Waals surface area contributed by atoms with E-state index in [2.05, 4.69) is 10.3 Å². The second-order valence-electron chi connectivity index (χ2n) is 6.29. The molecule has 0 fully saturated rings. The van der Waals surface area contributed by atoms with Gasteiger partial charge in [0.1, 0.15) is 11.6 Å². The van der Waals surface area contributed by atoms with Crippen LogP contribution < -0.4 is 4.74 Å². The Labute approximate surface area is 173 Å². The summed E-state index contributed by atoms with van der Waals surface area (Å²) in [6.07, 6.45) is -4.96. The number of hydrogen-bond donors (Lipinski definition) is 0. The molecule has 0 bridgehead atoms. The summed E-state index contributed by atoms with van der Waals surface area (Å²) in [6.45, 7) is -0.0906. The van der Waals surface area contributed by atoms with E-state index in [-0.39, 0.29) is 12.2 Å². The molecule has 0 N–H and O–H groups in total. The molecule has 0 saturated carbocycles. The van der Waals surface area contributed by atoms with Crippen molar-refractivity contribution in [1.82, 2.24) is 19.9 Å². The SMILES string of the molecule is COc1ccc(Cl)cc1CN(C)C(=O)c1nnn(-c2cccc(F)c2)c1C(F)(F)F. The zero-order chi connectivity index (χ0) is 22.1. The molecule has 1 aromatic heterocycles. The van der Waals surface area contributed by atoms with E-state index in [9.17, 15) is 22.4 Å². The van der Waals surface area contributed by atoms with E-state index >= 15 is 0 Å². The van der Waals surface area contributed by atoms with Gasteiger partial charge in [-0.3, -0.25) is 4.79 Å². The molecule has 2 aromatic carbocycles. The van der Waals surface area contributed by atoms with Crippen LogP contribution >= 0.6 is 11.6 Å². The van der Waals surface area contributed by atoms with Crippen LogP contribution in [-0.4, -0.2) is 40.0 Å². The summed E-state index contributed by atoms with van der Waals surface area (Å²) < 4.78 is 60.3. The molecular formula is C19H15ClF4N4O2. The summed E-state index contributed by atoms with van der Waals surface area (Å²) in [5.41, 5.74) is -2.03. The number of halogens is 5. The molecule has 11 heteroatoms. The molecule has 0 unspecified atom stereocenters. The van der Waals surface area contributed by atoms with Gasteiger partial charge in [0.25, 0.3) is 5.91 Å².